The Kier molecular flexibility index (Phi) is 4.39. The molecule has 0 N–H and O–H groups in total. The Balaban J connectivity index is 2.22. The van der Waals surface area contributed by atoms with E-state index in [1.165, 1.54) is 11.3 Å². The lowest BCUT2D eigenvalue weighted by atomic mass is 10.2. The van der Waals surface area contributed by atoms with Gasteiger partial charge in [0.1, 0.15) is 5.75 Å². The van der Waals surface area contributed by atoms with Gasteiger partial charge in [-0.1, -0.05) is 29.5 Å². The average Bonchev–Trinajstić information content (AvgIpc) is 2.81. The molecular weight excluding hydrogens is 272 g/mol. The molecule has 0 radical (unpaired) electrons. The fraction of sp³-hybridized carbons (Fsp3) is 0.333. The van der Waals surface area contributed by atoms with Crippen LogP contribution in [0.2, 0.25) is 0 Å². The number of rotatable bonds is 5. The van der Waals surface area contributed by atoms with Crippen LogP contribution in [0.1, 0.15) is 27.9 Å². The Bertz CT molecular complexity index is 622. The fourth-order valence-corrected chi connectivity index (χ4v) is 2.95. The quantitative estimate of drug-likeness (QED) is 0.792. The van der Waals surface area contributed by atoms with Crippen molar-refractivity contribution < 1.29 is 9.53 Å². The van der Waals surface area contributed by atoms with Gasteiger partial charge in [-0.2, -0.15) is 0 Å². The molecule has 0 bridgehead atoms. The van der Waals surface area contributed by atoms with Crippen molar-refractivity contribution in [2.24, 2.45) is 0 Å². The minimum atomic E-state index is 0.0666. The van der Waals surface area contributed by atoms with Crippen molar-refractivity contribution in [2.45, 2.75) is 20.4 Å². The second kappa shape index (κ2) is 6.05. The van der Waals surface area contributed by atoms with Gasteiger partial charge in [-0.3, -0.25) is 4.79 Å². The number of para-hydroxylation sites is 1. The number of carbonyl (C=O) groups is 1. The highest BCUT2D eigenvalue weighted by atomic mass is 32.1. The first-order valence-electron chi connectivity index (χ1n) is 6.34. The highest BCUT2D eigenvalue weighted by Gasteiger charge is 2.15. The van der Waals surface area contributed by atoms with E-state index in [9.17, 15) is 4.79 Å². The standard InChI is InChI=1S/C15H18N2O2S/c1-10-14(11(2)18)20-15(16-10)17(3)9-12-7-5-6-8-13(12)19-4/h5-8H,9H2,1-4H3. The van der Waals surface area contributed by atoms with E-state index in [2.05, 4.69) is 4.98 Å². The first-order chi connectivity index (χ1) is 9.52. The number of aryl methyl sites for hydroxylation is 1. The Morgan fingerprint density at radius 3 is 2.70 bits per heavy atom. The van der Waals surface area contributed by atoms with E-state index in [1.54, 1.807) is 14.0 Å². The summed E-state index contributed by atoms with van der Waals surface area (Å²) in [4.78, 5) is 18.7. The minimum Gasteiger partial charge on any atom is -0.496 e. The van der Waals surface area contributed by atoms with E-state index >= 15 is 0 Å². The first-order valence-corrected chi connectivity index (χ1v) is 7.16. The lowest BCUT2D eigenvalue weighted by molar-refractivity contribution is 0.102. The summed E-state index contributed by atoms with van der Waals surface area (Å²) in [5.74, 6) is 0.927. The zero-order valence-electron chi connectivity index (χ0n) is 12.1. The number of ether oxygens (including phenoxy) is 1. The molecule has 1 aromatic heterocycles. The Morgan fingerprint density at radius 2 is 2.10 bits per heavy atom. The van der Waals surface area contributed by atoms with Crippen LogP contribution in [0, 0.1) is 6.92 Å². The van der Waals surface area contributed by atoms with Crippen molar-refractivity contribution in [2.75, 3.05) is 19.1 Å². The fourth-order valence-electron chi connectivity index (χ4n) is 2.03. The van der Waals surface area contributed by atoms with Gasteiger partial charge in [-0.25, -0.2) is 4.98 Å². The highest BCUT2D eigenvalue weighted by Crippen LogP contribution is 2.28. The molecule has 1 heterocycles. The van der Waals surface area contributed by atoms with Crippen molar-refractivity contribution in [3.05, 3.63) is 40.4 Å². The van der Waals surface area contributed by atoms with Gasteiger partial charge in [0.25, 0.3) is 0 Å². The predicted octanol–water partition coefficient (Wildman–Crippen LogP) is 3.30. The summed E-state index contributed by atoms with van der Waals surface area (Å²) in [6.07, 6.45) is 0. The molecule has 0 aliphatic heterocycles. The predicted molar refractivity (Wildman–Crippen MR) is 82.0 cm³/mol. The third kappa shape index (κ3) is 2.99. The van der Waals surface area contributed by atoms with Crippen LogP contribution < -0.4 is 9.64 Å². The van der Waals surface area contributed by atoms with Crippen LogP contribution in [0.4, 0.5) is 5.13 Å². The maximum Gasteiger partial charge on any atom is 0.186 e. The topological polar surface area (TPSA) is 42.4 Å². The van der Waals surface area contributed by atoms with Crippen LogP contribution in [0.3, 0.4) is 0 Å². The Hall–Kier alpha value is -1.88. The number of ketones is 1. The maximum absolute atomic E-state index is 11.5. The molecule has 0 spiro atoms. The summed E-state index contributed by atoms with van der Waals surface area (Å²) in [7, 11) is 3.63. The Morgan fingerprint density at radius 1 is 1.40 bits per heavy atom. The van der Waals surface area contributed by atoms with E-state index in [4.69, 9.17) is 4.74 Å². The van der Waals surface area contributed by atoms with Crippen molar-refractivity contribution in [1.29, 1.82) is 0 Å². The lowest BCUT2D eigenvalue weighted by Crippen LogP contribution is -2.16. The number of hydrogen-bond acceptors (Lipinski definition) is 5. The van der Waals surface area contributed by atoms with Crippen LogP contribution in [0.5, 0.6) is 5.75 Å². The summed E-state index contributed by atoms with van der Waals surface area (Å²) in [6, 6.07) is 7.91. The van der Waals surface area contributed by atoms with Crippen LogP contribution in [0.15, 0.2) is 24.3 Å². The molecule has 4 nitrogen and oxygen atoms in total. The molecule has 0 aliphatic rings. The van der Waals surface area contributed by atoms with Crippen LogP contribution >= 0.6 is 11.3 Å². The highest BCUT2D eigenvalue weighted by molar-refractivity contribution is 7.17. The zero-order chi connectivity index (χ0) is 14.7. The molecule has 106 valence electrons. The molecule has 0 amide bonds. The van der Waals surface area contributed by atoms with Gasteiger partial charge in [0.15, 0.2) is 10.9 Å². The van der Waals surface area contributed by atoms with Gasteiger partial charge < -0.3 is 9.64 Å². The number of hydrogen-bond donors (Lipinski definition) is 0. The van der Waals surface area contributed by atoms with Gasteiger partial charge in [0.2, 0.25) is 0 Å². The number of Topliss-reactive ketones (excluding diaryl/α,β-unsaturated/α-hetero) is 1. The summed E-state index contributed by atoms with van der Waals surface area (Å²) in [5.41, 5.74) is 1.89. The first kappa shape index (κ1) is 14.5. The average molecular weight is 290 g/mol. The number of nitrogens with zero attached hydrogens (tertiary/aromatic N) is 2. The second-order valence-corrected chi connectivity index (χ2v) is 5.61. The molecule has 2 rings (SSSR count). The summed E-state index contributed by atoms with van der Waals surface area (Å²) < 4.78 is 5.35. The van der Waals surface area contributed by atoms with Crippen molar-refractivity contribution in [1.82, 2.24) is 4.98 Å². The molecule has 2 aromatic rings. The molecule has 0 aliphatic carbocycles. The van der Waals surface area contributed by atoms with Crippen LogP contribution in [-0.2, 0) is 6.54 Å². The zero-order valence-corrected chi connectivity index (χ0v) is 13.0. The third-order valence-corrected chi connectivity index (χ3v) is 4.40. The summed E-state index contributed by atoms with van der Waals surface area (Å²) in [6.45, 7) is 4.13. The number of methoxy groups -OCH3 is 1. The molecule has 0 saturated carbocycles. The SMILES string of the molecule is COc1ccccc1CN(C)c1nc(C)c(C(C)=O)s1. The van der Waals surface area contributed by atoms with E-state index in [0.29, 0.717) is 6.54 Å². The van der Waals surface area contributed by atoms with Crippen LogP contribution in [0.25, 0.3) is 0 Å². The maximum atomic E-state index is 11.5. The molecule has 0 atom stereocenters. The third-order valence-electron chi connectivity index (χ3n) is 3.03. The van der Waals surface area contributed by atoms with Crippen molar-refractivity contribution in [3.8, 4) is 5.75 Å². The minimum absolute atomic E-state index is 0.0666. The van der Waals surface area contributed by atoms with E-state index in [-0.39, 0.29) is 5.78 Å². The Labute approximate surface area is 123 Å². The smallest absolute Gasteiger partial charge is 0.186 e. The number of benzene rings is 1. The number of aromatic nitrogens is 1. The van der Waals surface area contributed by atoms with Gasteiger partial charge in [0.05, 0.1) is 17.7 Å². The lowest BCUT2D eigenvalue weighted by Gasteiger charge is -2.17. The molecule has 0 unspecified atom stereocenters. The summed E-state index contributed by atoms with van der Waals surface area (Å²) in [5, 5.41) is 0.846. The summed E-state index contributed by atoms with van der Waals surface area (Å²) >= 11 is 1.43. The largest absolute Gasteiger partial charge is 0.496 e. The van der Waals surface area contributed by atoms with Gasteiger partial charge >= 0.3 is 0 Å². The van der Waals surface area contributed by atoms with E-state index in [1.807, 2.05) is 43.1 Å². The van der Waals surface area contributed by atoms with Crippen LogP contribution in [-0.4, -0.2) is 24.9 Å². The number of thiazole rings is 1. The molecular formula is C15H18N2O2S. The van der Waals surface area contributed by atoms with E-state index in [0.717, 1.165) is 27.0 Å². The number of carbonyl (C=O) groups excluding carboxylic acids is 1. The molecule has 0 fully saturated rings. The van der Waals surface area contributed by atoms with Gasteiger partial charge in [-0.05, 0) is 13.0 Å². The monoisotopic (exact) mass is 290 g/mol. The molecule has 5 heteroatoms. The second-order valence-electron chi connectivity index (χ2n) is 4.64. The molecule has 0 saturated heterocycles. The van der Waals surface area contributed by atoms with Gasteiger partial charge in [0, 0.05) is 26.1 Å². The molecule has 20 heavy (non-hydrogen) atoms. The normalized spacial score (nSPS) is 10.4. The van der Waals surface area contributed by atoms with E-state index < -0.39 is 0 Å². The van der Waals surface area contributed by atoms with Gasteiger partial charge in [-0.15, -0.1) is 0 Å². The van der Waals surface area contributed by atoms with Crippen molar-refractivity contribution >= 4 is 22.3 Å². The molecule has 1 aromatic carbocycles. The van der Waals surface area contributed by atoms with Crippen molar-refractivity contribution in [3.63, 3.8) is 0 Å². The number of anilines is 1.